The quantitative estimate of drug-likeness (QED) is 0.860. The molecular weight excluding hydrogens is 224 g/mol. The third-order valence-electron chi connectivity index (χ3n) is 3.01. The van der Waals surface area contributed by atoms with Crippen LogP contribution in [0.15, 0.2) is 18.7 Å². The van der Waals surface area contributed by atoms with Gasteiger partial charge in [0.2, 0.25) is 0 Å². The summed E-state index contributed by atoms with van der Waals surface area (Å²) in [7, 11) is 0. The summed E-state index contributed by atoms with van der Waals surface area (Å²) in [6.45, 7) is 3.42. The van der Waals surface area contributed by atoms with Crippen molar-refractivity contribution in [1.29, 1.82) is 0 Å². The lowest BCUT2D eigenvalue weighted by molar-refractivity contribution is 0.0908. The predicted octanol–water partition coefficient (Wildman–Crippen LogP) is 2.89. The van der Waals surface area contributed by atoms with Crippen LogP contribution < -0.4 is 5.32 Å². The van der Waals surface area contributed by atoms with Crippen molar-refractivity contribution in [3.05, 3.63) is 41.5 Å². The molecule has 0 bridgehead atoms. The first-order chi connectivity index (χ1) is 8.13. The first kappa shape index (κ1) is 11.8. The second kappa shape index (κ2) is 4.65. The molecule has 0 radical (unpaired) electrons. The molecule has 4 heteroatoms. The van der Waals surface area contributed by atoms with Gasteiger partial charge in [-0.2, -0.15) is 0 Å². The molecule has 0 aromatic heterocycles. The largest absolute Gasteiger partial charge is 0.349 e. The van der Waals surface area contributed by atoms with E-state index in [1.54, 1.807) is 0 Å². The van der Waals surface area contributed by atoms with Gasteiger partial charge in [0.1, 0.15) is 17.2 Å². The Balaban J connectivity index is 2.29. The van der Waals surface area contributed by atoms with Crippen molar-refractivity contribution in [2.24, 2.45) is 0 Å². The highest BCUT2D eigenvalue weighted by Crippen LogP contribution is 2.21. The van der Waals surface area contributed by atoms with Gasteiger partial charge in [0, 0.05) is 11.6 Å². The highest BCUT2D eigenvalue weighted by molar-refractivity contribution is 5.95. The van der Waals surface area contributed by atoms with Crippen LogP contribution in [0.5, 0.6) is 0 Å². The monoisotopic (exact) mass is 237 g/mol. The fourth-order valence-electron chi connectivity index (χ4n) is 1.74. The fraction of sp³-hybridized carbons (Fsp3) is 0.308. The minimum absolute atomic E-state index is 0.0497. The number of carbonyl (C=O) groups is 1. The van der Waals surface area contributed by atoms with Crippen molar-refractivity contribution < 1.29 is 13.6 Å². The summed E-state index contributed by atoms with van der Waals surface area (Å²) in [6.07, 6.45) is 4.05. The van der Waals surface area contributed by atoms with E-state index in [4.69, 9.17) is 0 Å². The van der Waals surface area contributed by atoms with E-state index >= 15 is 0 Å². The second-order valence-electron chi connectivity index (χ2n) is 4.13. The first-order valence-corrected chi connectivity index (χ1v) is 5.54. The molecule has 1 amide bonds. The molecule has 1 fully saturated rings. The van der Waals surface area contributed by atoms with Crippen LogP contribution in [0, 0.1) is 11.6 Å². The molecule has 1 aromatic carbocycles. The smallest absolute Gasteiger partial charge is 0.257 e. The van der Waals surface area contributed by atoms with Crippen LogP contribution in [0.2, 0.25) is 0 Å². The Bertz CT molecular complexity index is 467. The molecule has 2 nitrogen and oxygen atoms in total. The number of benzene rings is 1. The highest BCUT2D eigenvalue weighted by Gasteiger charge is 2.24. The minimum atomic E-state index is -0.850. The van der Waals surface area contributed by atoms with Crippen molar-refractivity contribution in [2.75, 3.05) is 0 Å². The maximum absolute atomic E-state index is 13.8. The summed E-state index contributed by atoms with van der Waals surface area (Å²) in [6, 6.07) is 2.39. The molecular formula is C13H13F2NO. The molecule has 1 saturated carbocycles. The fourth-order valence-corrected chi connectivity index (χ4v) is 1.74. The summed E-state index contributed by atoms with van der Waals surface area (Å²) in [4.78, 5) is 11.7. The van der Waals surface area contributed by atoms with Crippen LogP contribution in [0.4, 0.5) is 8.78 Å². The SMILES string of the molecule is C=Cc1ccc(F)c(C(=O)NC2CCC2)c1F. The van der Waals surface area contributed by atoms with Crippen molar-refractivity contribution >= 4 is 12.0 Å². The van der Waals surface area contributed by atoms with E-state index in [0.717, 1.165) is 25.3 Å². The summed E-state index contributed by atoms with van der Waals surface area (Å²) < 4.78 is 27.2. The van der Waals surface area contributed by atoms with Crippen molar-refractivity contribution in [2.45, 2.75) is 25.3 Å². The Morgan fingerprint density at radius 2 is 2.12 bits per heavy atom. The van der Waals surface area contributed by atoms with Crippen LogP contribution in [-0.2, 0) is 0 Å². The first-order valence-electron chi connectivity index (χ1n) is 5.54. The van der Waals surface area contributed by atoms with Gasteiger partial charge in [0.15, 0.2) is 0 Å². The highest BCUT2D eigenvalue weighted by atomic mass is 19.1. The van der Waals surface area contributed by atoms with E-state index in [-0.39, 0.29) is 11.6 Å². The second-order valence-corrected chi connectivity index (χ2v) is 4.13. The number of halogens is 2. The Morgan fingerprint density at radius 3 is 2.65 bits per heavy atom. The molecule has 17 heavy (non-hydrogen) atoms. The molecule has 0 saturated heterocycles. The minimum Gasteiger partial charge on any atom is -0.349 e. The van der Waals surface area contributed by atoms with Gasteiger partial charge in [-0.1, -0.05) is 12.7 Å². The summed E-state index contributed by atoms with van der Waals surface area (Å²) in [5.41, 5.74) is -0.389. The van der Waals surface area contributed by atoms with Crippen molar-refractivity contribution in [1.82, 2.24) is 5.32 Å². The van der Waals surface area contributed by atoms with Crippen LogP contribution in [-0.4, -0.2) is 11.9 Å². The van der Waals surface area contributed by atoms with Gasteiger partial charge in [0.05, 0.1) is 0 Å². The third-order valence-corrected chi connectivity index (χ3v) is 3.01. The topological polar surface area (TPSA) is 29.1 Å². The number of hydrogen-bond acceptors (Lipinski definition) is 1. The summed E-state index contributed by atoms with van der Waals surface area (Å²) >= 11 is 0. The maximum atomic E-state index is 13.8. The molecule has 0 aliphatic heterocycles. The summed E-state index contributed by atoms with van der Waals surface area (Å²) in [5, 5.41) is 2.61. The van der Waals surface area contributed by atoms with E-state index in [1.807, 2.05) is 0 Å². The molecule has 0 spiro atoms. The molecule has 90 valence electrons. The van der Waals surface area contributed by atoms with Crippen molar-refractivity contribution in [3.8, 4) is 0 Å². The molecule has 0 unspecified atom stereocenters. The van der Waals surface area contributed by atoms with E-state index in [0.29, 0.717) is 0 Å². The van der Waals surface area contributed by atoms with Gasteiger partial charge >= 0.3 is 0 Å². The Hall–Kier alpha value is -1.71. The summed E-state index contributed by atoms with van der Waals surface area (Å²) in [5.74, 6) is -2.38. The van der Waals surface area contributed by atoms with E-state index in [9.17, 15) is 13.6 Å². The lowest BCUT2D eigenvalue weighted by atomic mass is 9.93. The molecule has 1 aliphatic carbocycles. The van der Waals surface area contributed by atoms with E-state index in [1.165, 1.54) is 12.1 Å². The Morgan fingerprint density at radius 1 is 1.41 bits per heavy atom. The van der Waals surface area contributed by atoms with Gasteiger partial charge in [-0.05, 0) is 31.4 Å². The number of amides is 1. The Labute approximate surface area is 98.3 Å². The average Bonchev–Trinajstić information content (AvgIpc) is 2.24. The van der Waals surface area contributed by atoms with Gasteiger partial charge in [0.25, 0.3) is 5.91 Å². The van der Waals surface area contributed by atoms with Gasteiger partial charge in [-0.15, -0.1) is 0 Å². The van der Waals surface area contributed by atoms with Gasteiger partial charge in [-0.25, -0.2) is 8.78 Å². The molecule has 1 N–H and O–H groups in total. The third kappa shape index (κ3) is 2.20. The standard InChI is InChI=1S/C13H13F2NO/c1-2-8-6-7-10(14)11(12(8)15)13(17)16-9-4-3-5-9/h2,6-7,9H,1,3-5H2,(H,16,17). The number of rotatable bonds is 3. The van der Waals surface area contributed by atoms with Gasteiger partial charge in [-0.3, -0.25) is 4.79 Å². The number of hydrogen-bond donors (Lipinski definition) is 1. The zero-order valence-electron chi connectivity index (χ0n) is 9.30. The molecule has 1 aliphatic rings. The predicted molar refractivity (Wildman–Crippen MR) is 61.6 cm³/mol. The lowest BCUT2D eigenvalue weighted by Gasteiger charge is -2.26. The van der Waals surface area contributed by atoms with E-state index < -0.39 is 23.1 Å². The molecule has 0 atom stereocenters. The zero-order valence-corrected chi connectivity index (χ0v) is 9.30. The zero-order chi connectivity index (χ0) is 12.4. The number of nitrogens with one attached hydrogen (secondary N) is 1. The van der Waals surface area contributed by atoms with Crippen LogP contribution in [0.25, 0.3) is 6.08 Å². The van der Waals surface area contributed by atoms with Gasteiger partial charge < -0.3 is 5.32 Å². The maximum Gasteiger partial charge on any atom is 0.257 e. The lowest BCUT2D eigenvalue weighted by Crippen LogP contribution is -2.40. The van der Waals surface area contributed by atoms with E-state index in [2.05, 4.69) is 11.9 Å². The normalized spacial score (nSPS) is 15.2. The molecule has 2 rings (SSSR count). The molecule has 1 aromatic rings. The van der Waals surface area contributed by atoms with Crippen molar-refractivity contribution in [3.63, 3.8) is 0 Å². The number of carbonyl (C=O) groups excluding carboxylic acids is 1. The van der Waals surface area contributed by atoms with Crippen LogP contribution in [0.3, 0.4) is 0 Å². The average molecular weight is 237 g/mol. The van der Waals surface area contributed by atoms with Crippen LogP contribution >= 0.6 is 0 Å². The Kier molecular flexibility index (Phi) is 3.22. The van der Waals surface area contributed by atoms with Crippen LogP contribution in [0.1, 0.15) is 35.2 Å². The molecule has 0 heterocycles.